The zero-order valence-electron chi connectivity index (χ0n) is 12.7. The summed E-state index contributed by atoms with van der Waals surface area (Å²) in [6.45, 7) is 0. The van der Waals surface area contributed by atoms with Gasteiger partial charge >= 0.3 is 0 Å². The summed E-state index contributed by atoms with van der Waals surface area (Å²) >= 11 is 0. The van der Waals surface area contributed by atoms with Crippen LogP contribution in [0.15, 0.2) is 0 Å². The molecule has 114 valence electrons. The van der Waals surface area contributed by atoms with Crippen LogP contribution in [0.4, 0.5) is 0 Å². The normalized spacial score (nSPS) is 52.8. The quantitative estimate of drug-likeness (QED) is 0.720. The molecule has 0 saturated heterocycles. The minimum atomic E-state index is -0.570. The SMILES string of the molecule is NC(O)C1CC[C@H]2C(CC[C@H]3[C@H]4CCC[C@@H]4CC[C@@H]32)C1. The highest BCUT2D eigenvalue weighted by molar-refractivity contribution is 4.99. The van der Waals surface area contributed by atoms with Gasteiger partial charge in [-0.2, -0.15) is 0 Å². The molecule has 4 aliphatic rings. The lowest BCUT2D eigenvalue weighted by Gasteiger charge is -2.53. The third-order valence-corrected chi connectivity index (χ3v) is 7.67. The fourth-order valence-electron chi connectivity index (χ4n) is 6.82. The van der Waals surface area contributed by atoms with Gasteiger partial charge in [0, 0.05) is 0 Å². The molecule has 2 nitrogen and oxygen atoms in total. The minimum Gasteiger partial charge on any atom is -0.379 e. The number of aliphatic hydroxyl groups is 1. The van der Waals surface area contributed by atoms with Gasteiger partial charge in [0.2, 0.25) is 0 Å². The molecule has 0 aromatic rings. The first kappa shape index (κ1) is 13.6. The Hall–Kier alpha value is -0.0800. The van der Waals surface area contributed by atoms with Crippen molar-refractivity contribution in [2.24, 2.45) is 47.2 Å². The molecule has 0 radical (unpaired) electrons. The maximum Gasteiger partial charge on any atom is 0.105 e. The van der Waals surface area contributed by atoms with Crippen LogP contribution in [0.1, 0.15) is 64.2 Å². The lowest BCUT2D eigenvalue weighted by molar-refractivity contribution is -0.0448. The predicted octanol–water partition coefficient (Wildman–Crippen LogP) is 3.53. The van der Waals surface area contributed by atoms with Crippen LogP contribution < -0.4 is 5.73 Å². The van der Waals surface area contributed by atoms with Gasteiger partial charge in [-0.3, -0.25) is 0 Å². The third kappa shape index (κ3) is 2.14. The van der Waals surface area contributed by atoms with Gasteiger partial charge in [0.25, 0.3) is 0 Å². The first-order chi connectivity index (χ1) is 9.74. The molecule has 0 spiro atoms. The summed E-state index contributed by atoms with van der Waals surface area (Å²) in [4.78, 5) is 0. The summed E-state index contributed by atoms with van der Waals surface area (Å²) in [6, 6.07) is 0. The Balaban J connectivity index is 1.48. The summed E-state index contributed by atoms with van der Waals surface area (Å²) < 4.78 is 0. The molecule has 4 fully saturated rings. The molecule has 0 aromatic carbocycles. The van der Waals surface area contributed by atoms with Crippen molar-refractivity contribution in [1.82, 2.24) is 0 Å². The second-order valence-corrected chi connectivity index (χ2v) is 8.32. The Morgan fingerprint density at radius 2 is 1.35 bits per heavy atom. The first-order valence-corrected chi connectivity index (χ1v) is 9.17. The monoisotopic (exact) mass is 277 g/mol. The number of fused-ring (bicyclic) bond motifs is 5. The van der Waals surface area contributed by atoms with Gasteiger partial charge in [0.15, 0.2) is 0 Å². The second kappa shape index (κ2) is 5.28. The highest BCUT2D eigenvalue weighted by Gasteiger charge is 2.49. The number of aliphatic hydroxyl groups excluding tert-OH is 1. The van der Waals surface area contributed by atoms with E-state index in [9.17, 15) is 5.11 Å². The van der Waals surface area contributed by atoms with Crippen molar-refractivity contribution >= 4 is 0 Å². The van der Waals surface area contributed by atoms with Gasteiger partial charge in [-0.1, -0.05) is 12.8 Å². The fraction of sp³-hybridized carbons (Fsp3) is 1.00. The van der Waals surface area contributed by atoms with E-state index in [4.69, 9.17) is 5.73 Å². The second-order valence-electron chi connectivity index (χ2n) is 8.32. The van der Waals surface area contributed by atoms with E-state index in [2.05, 4.69) is 0 Å². The molecule has 4 aliphatic carbocycles. The van der Waals surface area contributed by atoms with Crippen LogP contribution in [0.2, 0.25) is 0 Å². The summed E-state index contributed by atoms with van der Waals surface area (Å²) in [5.74, 6) is 6.52. The number of rotatable bonds is 1. The van der Waals surface area contributed by atoms with Gasteiger partial charge in [-0.05, 0) is 92.8 Å². The van der Waals surface area contributed by atoms with Crippen LogP contribution in [-0.2, 0) is 0 Å². The number of hydrogen-bond donors (Lipinski definition) is 2. The Morgan fingerprint density at radius 3 is 2.10 bits per heavy atom. The van der Waals surface area contributed by atoms with E-state index < -0.39 is 6.23 Å². The largest absolute Gasteiger partial charge is 0.379 e. The summed E-state index contributed by atoms with van der Waals surface area (Å²) in [5, 5.41) is 9.70. The Bertz CT molecular complexity index is 355. The van der Waals surface area contributed by atoms with Crippen molar-refractivity contribution < 1.29 is 5.11 Å². The Kier molecular flexibility index (Phi) is 3.58. The van der Waals surface area contributed by atoms with Crippen LogP contribution in [0, 0.1) is 41.4 Å². The van der Waals surface area contributed by atoms with Crippen molar-refractivity contribution in [2.75, 3.05) is 0 Å². The highest BCUT2D eigenvalue weighted by atomic mass is 16.3. The Labute approximate surface area is 123 Å². The van der Waals surface area contributed by atoms with E-state index >= 15 is 0 Å². The van der Waals surface area contributed by atoms with Gasteiger partial charge in [-0.25, -0.2) is 0 Å². The highest BCUT2D eigenvalue weighted by Crippen LogP contribution is 2.58. The van der Waals surface area contributed by atoms with Crippen molar-refractivity contribution in [2.45, 2.75) is 70.4 Å². The summed E-state index contributed by atoms with van der Waals surface area (Å²) in [5.41, 5.74) is 5.75. The van der Waals surface area contributed by atoms with Crippen molar-refractivity contribution in [3.8, 4) is 0 Å². The predicted molar refractivity (Wildman–Crippen MR) is 80.8 cm³/mol. The zero-order chi connectivity index (χ0) is 13.7. The molecule has 3 unspecified atom stereocenters. The van der Waals surface area contributed by atoms with E-state index in [-0.39, 0.29) is 0 Å². The molecule has 3 N–H and O–H groups in total. The number of hydrogen-bond acceptors (Lipinski definition) is 2. The fourth-order valence-corrected chi connectivity index (χ4v) is 6.82. The lowest BCUT2D eigenvalue weighted by Crippen LogP contribution is -2.46. The minimum absolute atomic E-state index is 0.385. The molecule has 0 amide bonds. The average Bonchev–Trinajstić information content (AvgIpc) is 2.94. The van der Waals surface area contributed by atoms with Crippen LogP contribution >= 0.6 is 0 Å². The van der Waals surface area contributed by atoms with Crippen molar-refractivity contribution in [3.63, 3.8) is 0 Å². The molecular weight excluding hydrogens is 246 g/mol. The average molecular weight is 277 g/mol. The number of nitrogens with two attached hydrogens (primary N) is 1. The van der Waals surface area contributed by atoms with E-state index in [0.717, 1.165) is 35.5 Å². The van der Waals surface area contributed by atoms with Crippen LogP contribution in [0.3, 0.4) is 0 Å². The Morgan fingerprint density at radius 1 is 0.700 bits per heavy atom. The van der Waals surface area contributed by atoms with Gasteiger partial charge in [-0.15, -0.1) is 0 Å². The molecule has 0 bridgehead atoms. The maximum absolute atomic E-state index is 9.70. The molecule has 4 saturated carbocycles. The van der Waals surface area contributed by atoms with Crippen LogP contribution in [0.5, 0.6) is 0 Å². The van der Waals surface area contributed by atoms with E-state index in [1.165, 1.54) is 64.2 Å². The molecule has 0 heterocycles. The van der Waals surface area contributed by atoms with Gasteiger partial charge < -0.3 is 10.8 Å². The van der Waals surface area contributed by atoms with E-state index in [1.807, 2.05) is 0 Å². The molecule has 2 heteroatoms. The summed E-state index contributed by atoms with van der Waals surface area (Å²) in [6.07, 6.45) is 13.7. The third-order valence-electron chi connectivity index (χ3n) is 7.67. The zero-order valence-corrected chi connectivity index (χ0v) is 12.7. The topological polar surface area (TPSA) is 46.2 Å². The van der Waals surface area contributed by atoms with Gasteiger partial charge in [0.05, 0.1) is 0 Å². The standard InChI is InChI=1S/C18H31NO/c19-18(20)13-6-7-15-12(10-13)5-9-16-14-3-1-2-11(14)4-8-17(15)16/h11-18,20H,1-10,19H2/t11-,12?,13?,14+,15+,16+,17-,18?/m1/s1. The van der Waals surface area contributed by atoms with Crippen molar-refractivity contribution in [1.29, 1.82) is 0 Å². The molecule has 0 aliphatic heterocycles. The van der Waals surface area contributed by atoms with E-state index in [0.29, 0.717) is 5.92 Å². The van der Waals surface area contributed by atoms with Crippen LogP contribution in [0.25, 0.3) is 0 Å². The van der Waals surface area contributed by atoms with Crippen LogP contribution in [-0.4, -0.2) is 11.3 Å². The molecule has 20 heavy (non-hydrogen) atoms. The lowest BCUT2D eigenvalue weighted by atomic mass is 9.53. The van der Waals surface area contributed by atoms with Gasteiger partial charge in [0.1, 0.15) is 6.23 Å². The maximum atomic E-state index is 9.70. The van der Waals surface area contributed by atoms with Crippen molar-refractivity contribution in [3.05, 3.63) is 0 Å². The molecule has 0 aromatic heterocycles. The molecule has 4 rings (SSSR count). The first-order valence-electron chi connectivity index (χ1n) is 9.17. The summed E-state index contributed by atoms with van der Waals surface area (Å²) in [7, 11) is 0. The molecular formula is C18H31NO. The smallest absolute Gasteiger partial charge is 0.105 e. The van der Waals surface area contributed by atoms with E-state index in [1.54, 1.807) is 0 Å². The molecule has 8 atom stereocenters.